The summed E-state index contributed by atoms with van der Waals surface area (Å²) in [4.78, 5) is 4.89. The van der Waals surface area contributed by atoms with Gasteiger partial charge in [-0.1, -0.05) is 164 Å². The van der Waals surface area contributed by atoms with Gasteiger partial charge in [0.1, 0.15) is 5.52 Å². The zero-order chi connectivity index (χ0) is 41.4. The lowest BCUT2D eigenvalue weighted by atomic mass is 9.81. The van der Waals surface area contributed by atoms with E-state index in [9.17, 15) is 0 Å². The van der Waals surface area contributed by atoms with Crippen molar-refractivity contribution in [3.05, 3.63) is 217 Å². The lowest BCUT2D eigenvalue weighted by molar-refractivity contribution is 0.585. The molecule has 296 valence electrons. The molecular formula is C61H41NO. The molecule has 0 fully saturated rings. The number of oxazole rings is 1. The molecule has 0 atom stereocenters. The Bertz CT molecular complexity index is 3710. The molecule has 1 heterocycles. The van der Waals surface area contributed by atoms with Gasteiger partial charge in [-0.3, -0.25) is 0 Å². The normalized spacial score (nSPS) is 13.9. The maximum absolute atomic E-state index is 6.30. The first-order valence-electron chi connectivity index (χ1n) is 22.2. The second-order valence-electron chi connectivity index (χ2n) is 17.2. The number of rotatable bonds is 5. The highest BCUT2D eigenvalue weighted by molar-refractivity contribution is 6.24. The first-order chi connectivity index (χ1) is 31.2. The fourth-order valence-corrected chi connectivity index (χ4v) is 10.7. The van der Waals surface area contributed by atoms with E-state index in [2.05, 4.69) is 176 Å². The van der Waals surface area contributed by atoms with E-state index < -0.39 is 0 Å². The van der Waals surface area contributed by atoms with Gasteiger partial charge >= 0.3 is 0 Å². The Morgan fingerprint density at radius 1 is 0.429 bits per heavy atom. The topological polar surface area (TPSA) is 26.0 Å². The van der Waals surface area contributed by atoms with Gasteiger partial charge in [-0.25, -0.2) is 4.98 Å². The van der Waals surface area contributed by atoms with E-state index in [-0.39, 0.29) is 0 Å². The van der Waals surface area contributed by atoms with Crippen LogP contribution in [0, 0.1) is 0 Å². The van der Waals surface area contributed by atoms with Crippen LogP contribution in [0.15, 0.2) is 199 Å². The van der Waals surface area contributed by atoms with Crippen molar-refractivity contribution in [2.24, 2.45) is 0 Å². The van der Waals surface area contributed by atoms with Crippen LogP contribution in [0.2, 0.25) is 0 Å². The first kappa shape index (κ1) is 35.9. The maximum Gasteiger partial charge on any atom is 0.226 e. The molecule has 0 spiro atoms. The Labute approximate surface area is 365 Å². The third-order valence-electron chi connectivity index (χ3n) is 13.6. The maximum atomic E-state index is 6.30. The molecule has 11 aromatic rings. The van der Waals surface area contributed by atoms with Gasteiger partial charge in [0.25, 0.3) is 0 Å². The molecule has 0 saturated heterocycles. The van der Waals surface area contributed by atoms with E-state index in [4.69, 9.17) is 9.40 Å². The molecule has 0 radical (unpaired) electrons. The van der Waals surface area contributed by atoms with Crippen molar-refractivity contribution in [1.82, 2.24) is 4.98 Å². The number of hydrogen-bond donors (Lipinski definition) is 0. The van der Waals surface area contributed by atoms with Crippen LogP contribution in [-0.4, -0.2) is 4.98 Å². The third kappa shape index (κ3) is 5.82. The molecule has 13 rings (SSSR count). The molecule has 0 bridgehead atoms. The van der Waals surface area contributed by atoms with Gasteiger partial charge in [-0.15, -0.1) is 0 Å². The van der Waals surface area contributed by atoms with Crippen LogP contribution in [0.5, 0.6) is 0 Å². The average Bonchev–Trinajstić information content (AvgIpc) is 3.79. The SMILES string of the molecule is C1=Cc2cc(-c3c4ccccc4c(-c4ccc5ccccc5c4)c4cc(-c5c6ccccc6c(C6=CC(c7nc8ccccc8o7)=CCC6)c6ccccc56)ccc34)ccc2CC1. The minimum absolute atomic E-state index is 0.677. The molecule has 2 aliphatic carbocycles. The molecule has 1 aromatic heterocycles. The van der Waals surface area contributed by atoms with E-state index in [0.29, 0.717) is 5.89 Å². The number of nitrogens with zero attached hydrogens (tertiary/aromatic N) is 1. The minimum atomic E-state index is 0.677. The van der Waals surface area contributed by atoms with Crippen molar-refractivity contribution in [3.8, 4) is 33.4 Å². The molecule has 10 aromatic carbocycles. The lowest BCUT2D eigenvalue weighted by Gasteiger charge is -2.22. The Balaban J connectivity index is 1.08. The molecule has 0 aliphatic heterocycles. The highest BCUT2D eigenvalue weighted by atomic mass is 16.3. The monoisotopic (exact) mass is 803 g/mol. The molecule has 0 saturated carbocycles. The number of para-hydroxylation sites is 2. The average molecular weight is 804 g/mol. The van der Waals surface area contributed by atoms with Crippen LogP contribution in [0.1, 0.15) is 41.8 Å². The van der Waals surface area contributed by atoms with Crippen LogP contribution >= 0.6 is 0 Å². The standard InChI is InChI=1S/C61H41NO/c1-3-16-40-34-43(30-28-38(40)14-1)58-51-24-9-10-25-52(51)60(44-31-29-39-15-2-4-17-41(39)35-44)54-37-45(32-33-53(54)58)59-49-22-7-5-20-47(49)57(48-21-6-8-23-50(48)59)42-18-13-19-46(36-42)61-62-55-26-11-12-27-56(55)63-61/h2-12,15-17,19-37H,1,13-14,18H2. The number of allylic oxidation sites excluding steroid dienone is 5. The summed E-state index contributed by atoms with van der Waals surface area (Å²) in [6, 6.07) is 65.2. The summed E-state index contributed by atoms with van der Waals surface area (Å²) in [6.45, 7) is 0. The summed E-state index contributed by atoms with van der Waals surface area (Å²) in [7, 11) is 0. The number of aromatic nitrogens is 1. The van der Waals surface area contributed by atoms with Gasteiger partial charge in [0, 0.05) is 5.57 Å². The van der Waals surface area contributed by atoms with E-state index in [0.717, 1.165) is 42.4 Å². The molecule has 2 nitrogen and oxygen atoms in total. The van der Waals surface area contributed by atoms with Crippen molar-refractivity contribution in [2.45, 2.75) is 25.7 Å². The van der Waals surface area contributed by atoms with Gasteiger partial charge in [0.05, 0.1) is 0 Å². The summed E-state index contributed by atoms with van der Waals surface area (Å²) >= 11 is 0. The van der Waals surface area contributed by atoms with Crippen LogP contribution in [0.3, 0.4) is 0 Å². The lowest BCUT2D eigenvalue weighted by Crippen LogP contribution is -1.98. The number of hydrogen-bond acceptors (Lipinski definition) is 2. The van der Waals surface area contributed by atoms with E-state index in [1.165, 1.54) is 110 Å². The van der Waals surface area contributed by atoms with Crippen LogP contribution in [-0.2, 0) is 6.42 Å². The second kappa shape index (κ2) is 14.4. The fourth-order valence-electron chi connectivity index (χ4n) is 10.7. The zero-order valence-electron chi connectivity index (χ0n) is 34.7. The Morgan fingerprint density at radius 2 is 1.00 bits per heavy atom. The predicted molar refractivity (Wildman–Crippen MR) is 267 cm³/mol. The Hall–Kier alpha value is -7.81. The van der Waals surface area contributed by atoms with Gasteiger partial charge in [0.2, 0.25) is 5.89 Å². The van der Waals surface area contributed by atoms with Crippen molar-refractivity contribution in [3.63, 3.8) is 0 Å². The van der Waals surface area contributed by atoms with Gasteiger partial charge in [0.15, 0.2) is 5.58 Å². The molecule has 0 N–H and O–H groups in total. The largest absolute Gasteiger partial charge is 0.436 e. The van der Waals surface area contributed by atoms with Gasteiger partial charge in [-0.2, -0.15) is 0 Å². The molecular weight excluding hydrogens is 763 g/mol. The number of fused-ring (bicyclic) bond motifs is 7. The fraction of sp³-hybridized carbons (Fsp3) is 0.0656. The Kier molecular flexibility index (Phi) is 8.20. The highest BCUT2D eigenvalue weighted by Gasteiger charge is 2.23. The molecule has 0 amide bonds. The summed E-state index contributed by atoms with van der Waals surface area (Å²) in [6.07, 6.45) is 13.3. The van der Waals surface area contributed by atoms with Crippen LogP contribution < -0.4 is 0 Å². The third-order valence-corrected chi connectivity index (χ3v) is 13.6. The quantitative estimate of drug-likeness (QED) is 0.162. The zero-order valence-corrected chi connectivity index (χ0v) is 34.7. The predicted octanol–water partition coefficient (Wildman–Crippen LogP) is 16.8. The summed E-state index contributed by atoms with van der Waals surface area (Å²) < 4.78 is 6.30. The minimum Gasteiger partial charge on any atom is -0.436 e. The molecule has 2 aliphatic rings. The van der Waals surface area contributed by atoms with E-state index in [1.807, 2.05) is 24.3 Å². The van der Waals surface area contributed by atoms with E-state index in [1.54, 1.807) is 0 Å². The molecule has 63 heavy (non-hydrogen) atoms. The molecule has 2 heteroatoms. The van der Waals surface area contributed by atoms with Crippen molar-refractivity contribution in [1.29, 1.82) is 0 Å². The van der Waals surface area contributed by atoms with Crippen LogP contribution in [0.4, 0.5) is 0 Å². The Morgan fingerprint density at radius 3 is 1.73 bits per heavy atom. The summed E-state index contributed by atoms with van der Waals surface area (Å²) in [5, 5.41) is 12.6. The van der Waals surface area contributed by atoms with Gasteiger partial charge in [-0.05, 0) is 172 Å². The highest BCUT2D eigenvalue weighted by Crippen LogP contribution is 2.49. The number of benzene rings is 10. The second-order valence-corrected chi connectivity index (χ2v) is 17.2. The molecule has 0 unspecified atom stereocenters. The van der Waals surface area contributed by atoms with Crippen molar-refractivity contribution < 1.29 is 4.42 Å². The van der Waals surface area contributed by atoms with Crippen molar-refractivity contribution >= 4 is 82.2 Å². The summed E-state index contributed by atoms with van der Waals surface area (Å²) in [5.41, 5.74) is 15.6. The first-order valence-corrected chi connectivity index (χ1v) is 22.2. The van der Waals surface area contributed by atoms with Crippen molar-refractivity contribution in [2.75, 3.05) is 0 Å². The van der Waals surface area contributed by atoms with Gasteiger partial charge < -0.3 is 4.42 Å². The smallest absolute Gasteiger partial charge is 0.226 e. The summed E-state index contributed by atoms with van der Waals surface area (Å²) in [5.74, 6) is 0.677. The van der Waals surface area contributed by atoms with Crippen LogP contribution in [0.25, 0.3) is 116 Å². The number of aryl methyl sites for hydroxylation is 1. The van der Waals surface area contributed by atoms with E-state index >= 15 is 0 Å².